The van der Waals surface area contributed by atoms with Gasteiger partial charge in [0, 0.05) is 19.0 Å². The predicted molar refractivity (Wildman–Crippen MR) is 73.4 cm³/mol. The van der Waals surface area contributed by atoms with Gasteiger partial charge in [-0.1, -0.05) is 6.07 Å². The molecule has 0 spiro atoms. The molecule has 18 heavy (non-hydrogen) atoms. The Morgan fingerprint density at radius 2 is 2.17 bits per heavy atom. The van der Waals surface area contributed by atoms with Gasteiger partial charge in [-0.05, 0) is 43.5 Å². The summed E-state index contributed by atoms with van der Waals surface area (Å²) in [6, 6.07) is 4.57. The van der Waals surface area contributed by atoms with Gasteiger partial charge in [0.1, 0.15) is 5.82 Å². The van der Waals surface area contributed by atoms with Crippen LogP contribution in [0.15, 0.2) is 18.2 Å². The second-order valence-electron chi connectivity index (χ2n) is 4.35. The number of carbonyl (C=O) groups is 1. The number of nitrogens with two attached hydrogens (primary N) is 1. The lowest BCUT2D eigenvalue weighted by molar-refractivity contribution is -0.121. The highest BCUT2D eigenvalue weighted by molar-refractivity contribution is 5.85. The fraction of sp³-hybridized carbons (Fsp3) is 0.462. The SMILES string of the molecule is Cc1cc(F)ccc1CCNC(=O)CC(C)N.Cl. The van der Waals surface area contributed by atoms with E-state index >= 15 is 0 Å². The van der Waals surface area contributed by atoms with Gasteiger partial charge in [-0.25, -0.2) is 4.39 Å². The molecule has 0 radical (unpaired) electrons. The fourth-order valence-electron chi connectivity index (χ4n) is 1.64. The summed E-state index contributed by atoms with van der Waals surface area (Å²) in [6.07, 6.45) is 1.04. The van der Waals surface area contributed by atoms with Gasteiger partial charge in [0.25, 0.3) is 0 Å². The lowest BCUT2D eigenvalue weighted by atomic mass is 10.1. The van der Waals surface area contributed by atoms with E-state index in [1.54, 1.807) is 13.0 Å². The van der Waals surface area contributed by atoms with Gasteiger partial charge >= 0.3 is 0 Å². The molecule has 0 aromatic heterocycles. The van der Waals surface area contributed by atoms with Crippen LogP contribution in [0.4, 0.5) is 4.39 Å². The summed E-state index contributed by atoms with van der Waals surface area (Å²) in [6.45, 7) is 4.21. The molecule has 0 saturated heterocycles. The van der Waals surface area contributed by atoms with E-state index in [1.165, 1.54) is 12.1 Å². The molecule has 3 N–H and O–H groups in total. The maximum atomic E-state index is 12.9. The number of carbonyl (C=O) groups excluding carboxylic acids is 1. The number of hydrogen-bond donors (Lipinski definition) is 2. The molecular formula is C13H20ClFN2O. The third kappa shape index (κ3) is 5.98. The Kier molecular flexibility index (Phi) is 7.55. The standard InChI is InChI=1S/C13H19FN2O.ClH/c1-9-7-12(14)4-3-11(9)5-6-16-13(17)8-10(2)15;/h3-4,7,10H,5-6,8,15H2,1-2H3,(H,16,17);1H. The summed E-state index contributed by atoms with van der Waals surface area (Å²) in [5.74, 6) is -0.271. The molecule has 0 aliphatic carbocycles. The van der Waals surface area contributed by atoms with Crippen LogP contribution in [-0.2, 0) is 11.2 Å². The van der Waals surface area contributed by atoms with Gasteiger partial charge in [0.2, 0.25) is 5.91 Å². The van der Waals surface area contributed by atoms with E-state index in [-0.39, 0.29) is 30.2 Å². The quantitative estimate of drug-likeness (QED) is 0.862. The molecule has 0 heterocycles. The molecule has 3 nitrogen and oxygen atoms in total. The van der Waals surface area contributed by atoms with Crippen LogP contribution in [0.25, 0.3) is 0 Å². The monoisotopic (exact) mass is 274 g/mol. The van der Waals surface area contributed by atoms with Crippen molar-refractivity contribution in [3.05, 3.63) is 35.1 Å². The van der Waals surface area contributed by atoms with Crippen LogP contribution in [0.1, 0.15) is 24.5 Å². The Labute approximate surface area is 113 Å². The highest BCUT2D eigenvalue weighted by Crippen LogP contribution is 2.10. The van der Waals surface area contributed by atoms with Gasteiger partial charge in [0.15, 0.2) is 0 Å². The van der Waals surface area contributed by atoms with Crippen molar-refractivity contribution < 1.29 is 9.18 Å². The van der Waals surface area contributed by atoms with Crippen molar-refractivity contribution in [3.8, 4) is 0 Å². The average molecular weight is 275 g/mol. The molecule has 1 aromatic rings. The summed E-state index contributed by atoms with van der Waals surface area (Å²) < 4.78 is 12.9. The maximum absolute atomic E-state index is 12.9. The van der Waals surface area contributed by atoms with E-state index in [9.17, 15) is 9.18 Å². The van der Waals surface area contributed by atoms with Crippen molar-refractivity contribution in [2.24, 2.45) is 5.73 Å². The summed E-state index contributed by atoms with van der Waals surface area (Å²) in [5, 5.41) is 2.79. The van der Waals surface area contributed by atoms with E-state index in [0.717, 1.165) is 11.1 Å². The van der Waals surface area contributed by atoms with Crippen molar-refractivity contribution in [1.29, 1.82) is 0 Å². The van der Waals surface area contributed by atoms with E-state index in [1.807, 2.05) is 6.92 Å². The number of halogens is 2. The highest BCUT2D eigenvalue weighted by Gasteiger charge is 2.05. The highest BCUT2D eigenvalue weighted by atomic mass is 35.5. The lowest BCUT2D eigenvalue weighted by Crippen LogP contribution is -2.31. The molecule has 0 fully saturated rings. The van der Waals surface area contributed by atoms with Crippen LogP contribution >= 0.6 is 12.4 Å². The van der Waals surface area contributed by atoms with E-state index in [4.69, 9.17) is 5.73 Å². The van der Waals surface area contributed by atoms with Crippen molar-refractivity contribution in [3.63, 3.8) is 0 Å². The van der Waals surface area contributed by atoms with Gasteiger partial charge in [-0.15, -0.1) is 12.4 Å². The molecule has 1 aromatic carbocycles. The van der Waals surface area contributed by atoms with Crippen LogP contribution in [-0.4, -0.2) is 18.5 Å². The zero-order valence-corrected chi connectivity index (χ0v) is 11.5. The lowest BCUT2D eigenvalue weighted by Gasteiger charge is -2.09. The minimum atomic E-state index is -0.229. The van der Waals surface area contributed by atoms with Crippen molar-refractivity contribution >= 4 is 18.3 Å². The van der Waals surface area contributed by atoms with Crippen LogP contribution in [0.5, 0.6) is 0 Å². The smallest absolute Gasteiger partial charge is 0.221 e. The minimum Gasteiger partial charge on any atom is -0.356 e. The van der Waals surface area contributed by atoms with Gasteiger partial charge < -0.3 is 11.1 Å². The summed E-state index contributed by atoms with van der Waals surface area (Å²) >= 11 is 0. The molecule has 1 rings (SSSR count). The number of nitrogens with one attached hydrogen (secondary N) is 1. The second-order valence-corrected chi connectivity index (χ2v) is 4.35. The molecule has 1 unspecified atom stereocenters. The summed E-state index contributed by atoms with van der Waals surface area (Å²) in [5.41, 5.74) is 7.47. The Morgan fingerprint density at radius 3 is 2.72 bits per heavy atom. The summed E-state index contributed by atoms with van der Waals surface area (Å²) in [4.78, 5) is 11.3. The number of amides is 1. The van der Waals surface area contributed by atoms with Crippen molar-refractivity contribution in [2.75, 3.05) is 6.54 Å². The van der Waals surface area contributed by atoms with Gasteiger partial charge in [-0.3, -0.25) is 4.79 Å². The third-order valence-electron chi connectivity index (χ3n) is 2.53. The normalized spacial score (nSPS) is 11.6. The first kappa shape index (κ1) is 16.9. The van der Waals surface area contributed by atoms with Crippen LogP contribution in [0, 0.1) is 12.7 Å². The minimum absolute atomic E-state index is 0. The average Bonchev–Trinajstić information content (AvgIpc) is 2.20. The maximum Gasteiger partial charge on any atom is 0.221 e. The van der Waals surface area contributed by atoms with Crippen molar-refractivity contribution in [1.82, 2.24) is 5.32 Å². The number of hydrogen-bond acceptors (Lipinski definition) is 2. The summed E-state index contributed by atoms with van der Waals surface area (Å²) in [7, 11) is 0. The van der Waals surface area contributed by atoms with E-state index in [0.29, 0.717) is 19.4 Å². The molecule has 5 heteroatoms. The Balaban J connectivity index is 0.00000289. The first-order valence-electron chi connectivity index (χ1n) is 5.76. The molecule has 102 valence electrons. The molecule has 1 atom stereocenters. The zero-order chi connectivity index (χ0) is 12.8. The largest absolute Gasteiger partial charge is 0.356 e. The predicted octanol–water partition coefficient (Wildman–Crippen LogP) is 1.95. The topological polar surface area (TPSA) is 55.1 Å². The van der Waals surface area contributed by atoms with Crippen molar-refractivity contribution in [2.45, 2.75) is 32.7 Å². The van der Waals surface area contributed by atoms with Crippen LogP contribution in [0.2, 0.25) is 0 Å². The fourth-order valence-corrected chi connectivity index (χ4v) is 1.64. The zero-order valence-electron chi connectivity index (χ0n) is 10.7. The van der Waals surface area contributed by atoms with E-state index in [2.05, 4.69) is 5.32 Å². The Bertz CT molecular complexity index is 397. The molecule has 0 aliphatic rings. The van der Waals surface area contributed by atoms with Gasteiger partial charge in [-0.2, -0.15) is 0 Å². The van der Waals surface area contributed by atoms with Crippen LogP contribution < -0.4 is 11.1 Å². The van der Waals surface area contributed by atoms with Crippen LogP contribution in [0.3, 0.4) is 0 Å². The van der Waals surface area contributed by atoms with Gasteiger partial charge in [0.05, 0.1) is 0 Å². The number of aryl methyl sites for hydroxylation is 1. The Morgan fingerprint density at radius 1 is 1.50 bits per heavy atom. The first-order valence-corrected chi connectivity index (χ1v) is 5.76. The third-order valence-corrected chi connectivity index (χ3v) is 2.53. The molecule has 0 aliphatic heterocycles. The first-order chi connectivity index (χ1) is 7.99. The second kappa shape index (κ2) is 8.06. The molecular weight excluding hydrogens is 255 g/mol. The van der Waals surface area contributed by atoms with E-state index < -0.39 is 0 Å². The Hall–Kier alpha value is -1.13. The molecule has 1 amide bonds. The number of benzene rings is 1. The molecule has 0 saturated carbocycles. The molecule has 0 bridgehead atoms. The number of rotatable bonds is 5.